The first-order chi connectivity index (χ1) is 24.8. The van der Waals surface area contributed by atoms with Crippen molar-refractivity contribution in [2.75, 3.05) is 31.1 Å². The molecule has 21 heteroatoms. The molecule has 0 spiro atoms. The first kappa shape index (κ1) is 41.6. The van der Waals surface area contributed by atoms with E-state index in [9.17, 15) is 43.5 Å². The summed E-state index contributed by atoms with van der Waals surface area (Å²) in [6.07, 6.45) is 6.47. The normalized spacial score (nSPS) is 25.8. The highest BCUT2D eigenvalue weighted by atomic mass is 33.1. The number of hydrogen-bond acceptors (Lipinski definition) is 11. The van der Waals surface area contributed by atoms with E-state index in [0.717, 1.165) is 0 Å². The van der Waals surface area contributed by atoms with Gasteiger partial charge in [-0.05, 0) is 44.1 Å². The molecule has 0 unspecified atom stereocenters. The van der Waals surface area contributed by atoms with Crippen LogP contribution in [-0.4, -0.2) is 125 Å². The van der Waals surface area contributed by atoms with Gasteiger partial charge in [-0.2, -0.15) is 0 Å². The highest BCUT2D eigenvalue weighted by Gasteiger charge is 2.40. The number of fused-ring (bicyclic) bond motifs is 1. The second-order valence-electron chi connectivity index (χ2n) is 12.2. The smallest absolute Gasteiger partial charge is 0.305 e. The molecule has 3 aliphatic rings. The van der Waals surface area contributed by atoms with E-state index in [2.05, 4.69) is 31.6 Å². The Labute approximate surface area is 307 Å². The van der Waals surface area contributed by atoms with Crippen LogP contribution < -0.4 is 43.8 Å². The van der Waals surface area contributed by atoms with Crippen molar-refractivity contribution >= 4 is 74.9 Å². The highest BCUT2D eigenvalue weighted by molar-refractivity contribution is 8.76. The second-order valence-corrected chi connectivity index (χ2v) is 14.8. The van der Waals surface area contributed by atoms with Crippen LogP contribution in [0.15, 0.2) is 28.8 Å². The third kappa shape index (κ3) is 13.4. The van der Waals surface area contributed by atoms with Gasteiger partial charge in [0, 0.05) is 31.0 Å². The molecule has 0 aromatic carbocycles. The van der Waals surface area contributed by atoms with Crippen LogP contribution in [0.4, 0.5) is 0 Å². The zero-order valence-electron chi connectivity index (χ0n) is 28.5. The number of primary amides is 1. The molecule has 0 bridgehead atoms. The Morgan fingerprint density at radius 1 is 0.923 bits per heavy atom. The van der Waals surface area contributed by atoms with E-state index in [1.54, 1.807) is 18.2 Å². The zero-order valence-corrected chi connectivity index (χ0v) is 30.1. The number of rotatable bonds is 9. The lowest BCUT2D eigenvalue weighted by atomic mass is 10.0. The van der Waals surface area contributed by atoms with E-state index in [1.807, 2.05) is 0 Å². The van der Waals surface area contributed by atoms with Crippen LogP contribution in [-0.2, 0) is 38.4 Å². The minimum absolute atomic E-state index is 0.0125. The van der Waals surface area contributed by atoms with Crippen molar-refractivity contribution in [1.29, 1.82) is 0 Å². The predicted octanol–water partition coefficient (Wildman–Crippen LogP) is -2.89. The van der Waals surface area contributed by atoms with Gasteiger partial charge in [-0.1, -0.05) is 39.8 Å². The van der Waals surface area contributed by atoms with Crippen LogP contribution in [0.2, 0.25) is 0 Å². The van der Waals surface area contributed by atoms with Crippen LogP contribution in [0.25, 0.3) is 0 Å². The fourth-order valence-electron chi connectivity index (χ4n) is 5.59. The van der Waals surface area contributed by atoms with Gasteiger partial charge in [0.25, 0.3) is 0 Å². The molecule has 7 amide bonds. The van der Waals surface area contributed by atoms with E-state index in [1.165, 1.54) is 26.5 Å². The Morgan fingerprint density at radius 3 is 2.35 bits per heavy atom. The SMILES string of the molecule is NC(=O)[C@@H]1CSSCCC(=O)N[C@@H](CCCCN=C(N)N)C(=O)NCC(=O)N[C@@H](CC(=O)O)C(=O)N[C@H](C2=CCC=C2)C(=O)N2CCC[C@H]2C(=O)N1. The molecule has 0 aromatic rings. The van der Waals surface area contributed by atoms with Gasteiger partial charge in [0.1, 0.15) is 30.2 Å². The van der Waals surface area contributed by atoms with Crippen LogP contribution in [0.1, 0.15) is 51.4 Å². The van der Waals surface area contributed by atoms with Crippen molar-refractivity contribution in [2.45, 2.75) is 81.6 Å². The fourth-order valence-corrected chi connectivity index (χ4v) is 7.75. The zero-order chi connectivity index (χ0) is 38.2. The summed E-state index contributed by atoms with van der Waals surface area (Å²) in [5, 5.41) is 22.1. The average Bonchev–Trinajstić information content (AvgIpc) is 3.80. The predicted molar refractivity (Wildman–Crippen MR) is 193 cm³/mol. The van der Waals surface area contributed by atoms with Crippen LogP contribution in [0.3, 0.4) is 0 Å². The highest BCUT2D eigenvalue weighted by Crippen LogP contribution is 2.25. The molecule has 3 rings (SSSR count). The number of carboxylic acids is 1. The van der Waals surface area contributed by atoms with Gasteiger partial charge in [-0.25, -0.2) is 0 Å². The van der Waals surface area contributed by atoms with E-state index in [4.69, 9.17) is 17.2 Å². The van der Waals surface area contributed by atoms with Crippen molar-refractivity contribution < 1.29 is 43.5 Å². The quantitative estimate of drug-likeness (QED) is 0.0493. The average molecular weight is 767 g/mol. The topological polar surface area (TPSA) is 311 Å². The summed E-state index contributed by atoms with van der Waals surface area (Å²) in [4.78, 5) is 109. The monoisotopic (exact) mass is 766 g/mol. The molecule has 52 heavy (non-hydrogen) atoms. The number of carboxylic acid groups (broad SMARTS) is 1. The first-order valence-electron chi connectivity index (χ1n) is 16.7. The van der Waals surface area contributed by atoms with Gasteiger partial charge < -0.3 is 53.8 Å². The molecule has 286 valence electrons. The largest absolute Gasteiger partial charge is 0.481 e. The Balaban J connectivity index is 1.87. The van der Waals surface area contributed by atoms with Crippen molar-refractivity contribution in [3.63, 3.8) is 0 Å². The molecule has 0 aromatic heterocycles. The van der Waals surface area contributed by atoms with Gasteiger partial charge >= 0.3 is 5.97 Å². The standard InChI is InChI=1S/C31H46N10O9S2/c32-26(46)20-16-52-51-13-10-22(42)37-18(8-3-4-11-35-31(33)34)27(47)36-15-23(43)38-19(14-24(44)45)28(48)40-25(17-6-1-2-7-17)30(50)41-12-5-9-21(41)29(49)39-20/h1,6-7,18-21,25H,2-5,8-16H2,(H2,32,46)(H,36,47)(H,37,42)(H,38,43)(H,39,49)(H,40,48)(H,44,45)(H4,33,34,35)/t18-,19-,20-,21-,25+/m0/s1. The lowest BCUT2D eigenvalue weighted by Crippen LogP contribution is -2.59. The van der Waals surface area contributed by atoms with Gasteiger partial charge in [-0.15, -0.1) is 0 Å². The van der Waals surface area contributed by atoms with Crippen LogP contribution in [0.5, 0.6) is 0 Å². The summed E-state index contributed by atoms with van der Waals surface area (Å²) in [5.74, 6) is -6.29. The number of nitrogens with zero attached hydrogens (tertiary/aromatic N) is 2. The molecule has 2 saturated heterocycles. The van der Waals surface area contributed by atoms with E-state index in [0.29, 0.717) is 37.8 Å². The minimum Gasteiger partial charge on any atom is -0.481 e. The van der Waals surface area contributed by atoms with E-state index >= 15 is 0 Å². The third-order valence-corrected chi connectivity index (χ3v) is 10.6. The number of nitrogens with one attached hydrogen (secondary N) is 5. The number of aliphatic imine (C=N–C) groups is 1. The minimum atomic E-state index is -1.65. The number of allylic oxidation sites excluding steroid dienone is 2. The molecule has 2 heterocycles. The summed E-state index contributed by atoms with van der Waals surface area (Å²) in [5.41, 5.74) is 16.7. The molecule has 0 radical (unpaired) electrons. The third-order valence-electron chi connectivity index (χ3n) is 8.20. The number of nitrogens with two attached hydrogens (primary N) is 3. The lowest BCUT2D eigenvalue weighted by molar-refractivity contribution is -0.142. The number of hydrogen-bond donors (Lipinski definition) is 9. The Hall–Kier alpha value is -4.79. The molecular weight excluding hydrogens is 721 g/mol. The molecule has 1 aliphatic carbocycles. The fraction of sp³-hybridized carbons (Fsp3) is 0.581. The van der Waals surface area contributed by atoms with E-state index in [-0.39, 0.29) is 43.3 Å². The number of amides is 7. The van der Waals surface area contributed by atoms with Gasteiger partial charge in [0.15, 0.2) is 5.96 Å². The number of unbranched alkanes of at least 4 members (excludes halogenated alkanes) is 1. The van der Waals surface area contributed by atoms with Crippen LogP contribution in [0, 0.1) is 0 Å². The Morgan fingerprint density at radius 2 is 1.67 bits per heavy atom. The van der Waals surface area contributed by atoms with Crippen molar-refractivity contribution in [3.8, 4) is 0 Å². The summed E-state index contributed by atoms with van der Waals surface area (Å²) in [7, 11) is 2.45. The Bertz CT molecular complexity index is 1470. The molecule has 12 N–H and O–H groups in total. The molecule has 0 saturated carbocycles. The molecular formula is C31H46N10O9S2. The summed E-state index contributed by atoms with van der Waals surface area (Å²) < 4.78 is 0. The number of guanidine groups is 1. The summed E-state index contributed by atoms with van der Waals surface area (Å²) >= 11 is 0. The van der Waals surface area contributed by atoms with Crippen LogP contribution >= 0.6 is 21.6 Å². The lowest BCUT2D eigenvalue weighted by Gasteiger charge is -2.30. The molecule has 19 nitrogen and oxygen atoms in total. The number of aliphatic carboxylic acids is 1. The molecule has 5 atom stereocenters. The maximum atomic E-state index is 14.0. The van der Waals surface area contributed by atoms with Crippen molar-refractivity contribution in [2.24, 2.45) is 22.2 Å². The summed E-state index contributed by atoms with van der Waals surface area (Å²) in [6, 6.07) is -6.12. The number of carbonyl (C=O) groups is 8. The molecule has 2 fully saturated rings. The van der Waals surface area contributed by atoms with Gasteiger partial charge in [0.05, 0.1) is 13.0 Å². The summed E-state index contributed by atoms with van der Waals surface area (Å²) in [6.45, 7) is -0.198. The second kappa shape index (κ2) is 20.9. The van der Waals surface area contributed by atoms with Gasteiger partial charge in [-0.3, -0.25) is 43.3 Å². The van der Waals surface area contributed by atoms with Crippen molar-refractivity contribution in [1.82, 2.24) is 31.5 Å². The van der Waals surface area contributed by atoms with Gasteiger partial charge in [0.2, 0.25) is 41.4 Å². The Kier molecular flexibility index (Phi) is 16.7. The maximum Gasteiger partial charge on any atom is 0.305 e. The van der Waals surface area contributed by atoms with Crippen molar-refractivity contribution in [3.05, 3.63) is 23.8 Å². The maximum absolute atomic E-state index is 14.0. The molecule has 2 aliphatic heterocycles. The van der Waals surface area contributed by atoms with E-state index < -0.39 is 90.5 Å². The first-order valence-corrected chi connectivity index (χ1v) is 19.2. The number of carbonyl (C=O) groups excluding carboxylic acids is 7.